The Morgan fingerprint density at radius 3 is 2.29 bits per heavy atom. The summed E-state index contributed by atoms with van der Waals surface area (Å²) < 4.78 is 11.3. The monoisotopic (exact) mass is 323 g/mol. The molecule has 0 aliphatic rings. The van der Waals surface area contributed by atoms with E-state index in [1.807, 2.05) is 69.3 Å². The Bertz CT molecular complexity index is 857. The van der Waals surface area contributed by atoms with Crippen LogP contribution in [0, 0.1) is 0 Å². The minimum absolute atomic E-state index is 0.373. The molecule has 5 nitrogen and oxygen atoms in total. The summed E-state index contributed by atoms with van der Waals surface area (Å²) in [6.07, 6.45) is 0. The number of nitrogens with zero attached hydrogens (tertiary/aromatic N) is 2. The molecule has 5 heteroatoms. The average Bonchev–Trinajstić information content (AvgIpc) is 2.54. The fraction of sp³-hybridized carbons (Fsp3) is 0.263. The van der Waals surface area contributed by atoms with Gasteiger partial charge in [0.15, 0.2) is 5.82 Å². The highest BCUT2D eigenvalue weighted by atomic mass is 16.5. The van der Waals surface area contributed by atoms with E-state index in [0.29, 0.717) is 11.7 Å². The molecule has 3 aromatic rings. The molecule has 124 valence electrons. The van der Waals surface area contributed by atoms with Crippen LogP contribution in [-0.4, -0.2) is 22.7 Å². The van der Waals surface area contributed by atoms with Gasteiger partial charge >= 0.3 is 0 Å². The first-order chi connectivity index (χ1) is 11.4. The van der Waals surface area contributed by atoms with Crippen molar-refractivity contribution in [2.24, 2.45) is 0 Å². The van der Waals surface area contributed by atoms with Crippen molar-refractivity contribution in [2.75, 3.05) is 12.4 Å². The summed E-state index contributed by atoms with van der Waals surface area (Å²) in [6, 6.07) is 15.4. The summed E-state index contributed by atoms with van der Waals surface area (Å²) in [7, 11) is 1.64. The van der Waals surface area contributed by atoms with Crippen molar-refractivity contribution in [1.29, 1.82) is 0 Å². The summed E-state index contributed by atoms with van der Waals surface area (Å²) in [4.78, 5) is 9.29. The van der Waals surface area contributed by atoms with Gasteiger partial charge in [-0.1, -0.05) is 18.2 Å². The lowest BCUT2D eigenvalue weighted by molar-refractivity contribution is 0.125. The second kappa shape index (κ2) is 6.35. The highest BCUT2D eigenvalue weighted by Crippen LogP contribution is 2.30. The van der Waals surface area contributed by atoms with Crippen LogP contribution < -0.4 is 14.8 Å². The van der Waals surface area contributed by atoms with Gasteiger partial charge in [-0.25, -0.2) is 9.97 Å². The number of rotatable bonds is 4. The molecule has 1 aromatic heterocycles. The maximum Gasteiger partial charge on any atom is 0.258 e. The van der Waals surface area contributed by atoms with Crippen LogP contribution in [0.4, 0.5) is 11.5 Å². The summed E-state index contributed by atoms with van der Waals surface area (Å²) >= 11 is 0. The first-order valence-corrected chi connectivity index (χ1v) is 7.81. The van der Waals surface area contributed by atoms with Gasteiger partial charge in [0.05, 0.1) is 18.1 Å². The van der Waals surface area contributed by atoms with Gasteiger partial charge in [-0.3, -0.25) is 0 Å². The summed E-state index contributed by atoms with van der Waals surface area (Å²) in [5.74, 6) is 1.83. The third kappa shape index (κ3) is 3.74. The predicted octanol–water partition coefficient (Wildman–Crippen LogP) is 4.56. The van der Waals surface area contributed by atoms with Crippen molar-refractivity contribution < 1.29 is 9.47 Å². The van der Waals surface area contributed by atoms with Crippen LogP contribution in [0.5, 0.6) is 11.6 Å². The second-order valence-corrected chi connectivity index (χ2v) is 6.44. The van der Waals surface area contributed by atoms with Crippen molar-refractivity contribution >= 4 is 22.5 Å². The Morgan fingerprint density at radius 2 is 1.62 bits per heavy atom. The van der Waals surface area contributed by atoms with E-state index in [9.17, 15) is 0 Å². The van der Waals surface area contributed by atoms with Crippen LogP contribution in [0.25, 0.3) is 11.0 Å². The summed E-state index contributed by atoms with van der Waals surface area (Å²) in [6.45, 7) is 5.96. The molecule has 0 aliphatic heterocycles. The molecule has 0 fully saturated rings. The number of benzene rings is 2. The maximum absolute atomic E-state index is 6.00. The van der Waals surface area contributed by atoms with E-state index in [-0.39, 0.29) is 5.60 Å². The smallest absolute Gasteiger partial charge is 0.258 e. The topological polar surface area (TPSA) is 56.3 Å². The molecule has 1 N–H and O–H groups in total. The Labute approximate surface area is 141 Å². The Kier molecular flexibility index (Phi) is 4.25. The van der Waals surface area contributed by atoms with E-state index >= 15 is 0 Å². The first-order valence-electron chi connectivity index (χ1n) is 7.81. The molecule has 2 aromatic carbocycles. The van der Waals surface area contributed by atoms with Gasteiger partial charge in [0.1, 0.15) is 11.4 Å². The fourth-order valence-corrected chi connectivity index (χ4v) is 2.26. The van der Waals surface area contributed by atoms with Crippen molar-refractivity contribution in [3.05, 3.63) is 48.5 Å². The molecular formula is C19H21N3O2. The molecule has 24 heavy (non-hydrogen) atoms. The lowest BCUT2D eigenvalue weighted by Gasteiger charge is -2.22. The van der Waals surface area contributed by atoms with Crippen LogP contribution in [0.2, 0.25) is 0 Å². The summed E-state index contributed by atoms with van der Waals surface area (Å²) in [5, 5.41) is 3.28. The first kappa shape index (κ1) is 16.1. The quantitative estimate of drug-likeness (QED) is 0.763. The highest BCUT2D eigenvalue weighted by Gasteiger charge is 2.18. The number of methoxy groups -OCH3 is 1. The standard InChI is InChI=1S/C19H21N3O2/c1-19(2,3)24-18-17(20-13-8-7-9-14(12-13)23-4)21-15-10-5-6-11-16(15)22-18/h5-12H,1-4H3,(H,20,21). The molecule has 0 atom stereocenters. The minimum atomic E-state index is -0.373. The highest BCUT2D eigenvalue weighted by molar-refractivity contribution is 5.78. The second-order valence-electron chi connectivity index (χ2n) is 6.44. The van der Waals surface area contributed by atoms with Gasteiger partial charge in [0, 0.05) is 11.8 Å². The fourth-order valence-electron chi connectivity index (χ4n) is 2.26. The van der Waals surface area contributed by atoms with Crippen molar-refractivity contribution in [3.63, 3.8) is 0 Å². The van der Waals surface area contributed by atoms with E-state index in [0.717, 1.165) is 22.5 Å². The number of aromatic nitrogens is 2. The van der Waals surface area contributed by atoms with Crippen molar-refractivity contribution in [3.8, 4) is 11.6 Å². The minimum Gasteiger partial charge on any atom is -0.497 e. The molecule has 0 spiro atoms. The number of hydrogen-bond acceptors (Lipinski definition) is 5. The zero-order valence-corrected chi connectivity index (χ0v) is 14.3. The largest absolute Gasteiger partial charge is 0.497 e. The lowest BCUT2D eigenvalue weighted by atomic mass is 10.2. The zero-order valence-electron chi connectivity index (χ0n) is 14.3. The SMILES string of the molecule is COc1cccc(Nc2nc3ccccc3nc2OC(C)(C)C)c1. The molecule has 0 saturated carbocycles. The third-order valence-corrected chi connectivity index (χ3v) is 3.27. The molecule has 0 amide bonds. The van der Waals surface area contributed by atoms with Gasteiger partial charge in [-0.05, 0) is 45.0 Å². The van der Waals surface area contributed by atoms with Gasteiger partial charge in [-0.2, -0.15) is 0 Å². The summed E-state index contributed by atoms with van der Waals surface area (Å²) in [5.41, 5.74) is 2.09. The van der Waals surface area contributed by atoms with Crippen molar-refractivity contribution in [1.82, 2.24) is 9.97 Å². The van der Waals surface area contributed by atoms with Crippen LogP contribution in [0.1, 0.15) is 20.8 Å². The van der Waals surface area contributed by atoms with Gasteiger partial charge in [0.2, 0.25) is 0 Å². The number of anilines is 2. The molecule has 0 aliphatic carbocycles. The third-order valence-electron chi connectivity index (χ3n) is 3.27. The van der Waals surface area contributed by atoms with Gasteiger partial charge < -0.3 is 14.8 Å². The predicted molar refractivity (Wildman–Crippen MR) is 96.2 cm³/mol. The Morgan fingerprint density at radius 1 is 0.917 bits per heavy atom. The maximum atomic E-state index is 6.00. The molecule has 0 unspecified atom stereocenters. The number of hydrogen-bond donors (Lipinski definition) is 1. The van der Waals surface area contributed by atoms with E-state index in [1.165, 1.54) is 0 Å². The average molecular weight is 323 g/mol. The molecular weight excluding hydrogens is 302 g/mol. The van der Waals surface area contributed by atoms with E-state index in [1.54, 1.807) is 7.11 Å². The lowest BCUT2D eigenvalue weighted by Crippen LogP contribution is -2.24. The molecule has 0 bridgehead atoms. The van der Waals surface area contributed by atoms with Crippen LogP contribution in [0.15, 0.2) is 48.5 Å². The van der Waals surface area contributed by atoms with Gasteiger partial charge in [0.25, 0.3) is 5.88 Å². The Balaban J connectivity index is 2.04. The molecule has 0 saturated heterocycles. The molecule has 1 heterocycles. The zero-order chi connectivity index (χ0) is 17.2. The molecule has 3 rings (SSSR count). The number of nitrogens with one attached hydrogen (secondary N) is 1. The van der Waals surface area contributed by atoms with Crippen LogP contribution in [-0.2, 0) is 0 Å². The molecule has 0 radical (unpaired) electrons. The van der Waals surface area contributed by atoms with Gasteiger partial charge in [-0.15, -0.1) is 0 Å². The van der Waals surface area contributed by atoms with E-state index < -0.39 is 0 Å². The Hall–Kier alpha value is -2.82. The van der Waals surface area contributed by atoms with Crippen LogP contribution >= 0.6 is 0 Å². The number of fused-ring (bicyclic) bond motifs is 1. The van der Waals surface area contributed by atoms with E-state index in [2.05, 4.69) is 15.3 Å². The van der Waals surface area contributed by atoms with E-state index in [4.69, 9.17) is 9.47 Å². The van der Waals surface area contributed by atoms with Crippen LogP contribution in [0.3, 0.4) is 0 Å². The van der Waals surface area contributed by atoms with Crippen molar-refractivity contribution in [2.45, 2.75) is 26.4 Å². The number of ether oxygens (including phenoxy) is 2. The normalized spacial score (nSPS) is 11.3. The number of para-hydroxylation sites is 2.